The van der Waals surface area contributed by atoms with Gasteiger partial charge in [-0.25, -0.2) is 13.4 Å². The molecule has 2 aromatic heterocycles. The topological polar surface area (TPSA) is 101 Å². The second-order valence-corrected chi connectivity index (χ2v) is 14.0. The van der Waals surface area contributed by atoms with Crippen LogP contribution in [0.4, 0.5) is 11.5 Å². The second kappa shape index (κ2) is 12.3. The number of ether oxygens (including phenoxy) is 2. The van der Waals surface area contributed by atoms with Crippen molar-refractivity contribution >= 4 is 21.5 Å². The van der Waals surface area contributed by atoms with Crippen molar-refractivity contribution in [2.75, 3.05) is 56.2 Å². The molecule has 43 heavy (non-hydrogen) atoms. The van der Waals surface area contributed by atoms with Crippen LogP contribution in [0.15, 0.2) is 53.8 Å². The summed E-state index contributed by atoms with van der Waals surface area (Å²) in [6.45, 7) is 8.15. The molecule has 2 aliphatic heterocycles. The van der Waals surface area contributed by atoms with Crippen molar-refractivity contribution in [2.45, 2.75) is 63.3 Å². The molecular formula is C32H42N6O4S. The van der Waals surface area contributed by atoms with Gasteiger partial charge in [-0.2, -0.15) is 9.29 Å². The standard InChI is InChI=1S/C32H42N6O4S/c1-24-22-28(41-3)23-25(2)30(24)43(39,40)38(27-4-5-27)20-21-42-31-34-15-8-29(35-31)37-18-11-32(12-19-37)9-16-36(17-10-32)26-6-13-33-14-7-26/h6-8,13-15,22-23,27H,4-5,9-12,16-21H2,1-3H3. The van der Waals surface area contributed by atoms with Crippen LogP contribution in [0, 0.1) is 19.3 Å². The monoisotopic (exact) mass is 606 g/mol. The van der Waals surface area contributed by atoms with Crippen molar-refractivity contribution in [1.29, 1.82) is 0 Å². The van der Waals surface area contributed by atoms with Gasteiger partial charge in [-0.3, -0.25) is 4.98 Å². The molecule has 6 rings (SSSR count). The summed E-state index contributed by atoms with van der Waals surface area (Å²) in [5.41, 5.74) is 3.02. The summed E-state index contributed by atoms with van der Waals surface area (Å²) in [7, 11) is -2.11. The summed E-state index contributed by atoms with van der Waals surface area (Å²) >= 11 is 0. The van der Waals surface area contributed by atoms with E-state index in [-0.39, 0.29) is 25.2 Å². The Morgan fingerprint density at radius 1 is 0.930 bits per heavy atom. The van der Waals surface area contributed by atoms with Gasteiger partial charge in [0.15, 0.2) is 0 Å². The maximum Gasteiger partial charge on any atom is 0.318 e. The molecule has 230 valence electrons. The first-order valence-electron chi connectivity index (χ1n) is 15.3. The molecule has 3 aliphatic rings. The fraction of sp³-hybridized carbons (Fsp3) is 0.531. The van der Waals surface area contributed by atoms with Crippen molar-refractivity contribution in [3.63, 3.8) is 0 Å². The van der Waals surface area contributed by atoms with Crippen LogP contribution in [0.3, 0.4) is 0 Å². The lowest BCUT2D eigenvalue weighted by Crippen LogP contribution is -2.47. The van der Waals surface area contributed by atoms with Crippen molar-refractivity contribution < 1.29 is 17.9 Å². The smallest absolute Gasteiger partial charge is 0.318 e. The zero-order chi connectivity index (χ0) is 30.0. The third kappa shape index (κ3) is 6.43. The minimum Gasteiger partial charge on any atom is -0.497 e. The van der Waals surface area contributed by atoms with Gasteiger partial charge < -0.3 is 19.3 Å². The Morgan fingerprint density at radius 2 is 1.56 bits per heavy atom. The first-order chi connectivity index (χ1) is 20.8. The summed E-state index contributed by atoms with van der Waals surface area (Å²) in [6, 6.07) is 9.96. The molecule has 11 heteroatoms. The van der Waals surface area contributed by atoms with Crippen molar-refractivity contribution in [3.05, 3.63) is 60.0 Å². The lowest BCUT2D eigenvalue weighted by atomic mass is 9.71. The van der Waals surface area contributed by atoms with Gasteiger partial charge in [0.25, 0.3) is 0 Å². The summed E-state index contributed by atoms with van der Waals surface area (Å²) < 4.78 is 40.4. The maximum atomic E-state index is 13.8. The van der Waals surface area contributed by atoms with E-state index in [0.717, 1.165) is 57.7 Å². The fourth-order valence-corrected chi connectivity index (χ4v) is 8.81. The van der Waals surface area contributed by atoms with E-state index in [4.69, 9.17) is 14.5 Å². The molecule has 0 bridgehead atoms. The number of anilines is 2. The van der Waals surface area contributed by atoms with E-state index in [1.165, 1.54) is 18.5 Å². The number of rotatable bonds is 10. The number of aromatic nitrogens is 3. The van der Waals surface area contributed by atoms with Crippen LogP contribution < -0.4 is 19.3 Å². The lowest BCUT2D eigenvalue weighted by molar-refractivity contribution is 0.166. The van der Waals surface area contributed by atoms with Gasteiger partial charge in [0, 0.05) is 63.0 Å². The Kier molecular flexibility index (Phi) is 8.46. The van der Waals surface area contributed by atoms with Gasteiger partial charge in [0.1, 0.15) is 18.2 Å². The maximum absolute atomic E-state index is 13.8. The minimum atomic E-state index is -3.69. The highest BCUT2D eigenvalue weighted by molar-refractivity contribution is 7.89. The fourth-order valence-electron chi connectivity index (χ4n) is 6.72. The van der Waals surface area contributed by atoms with Crippen LogP contribution in [0.2, 0.25) is 0 Å². The first kappa shape index (κ1) is 29.6. The van der Waals surface area contributed by atoms with Gasteiger partial charge in [0.2, 0.25) is 10.0 Å². The molecule has 0 amide bonds. The van der Waals surface area contributed by atoms with Crippen LogP contribution >= 0.6 is 0 Å². The third-order valence-corrected chi connectivity index (χ3v) is 11.6. The van der Waals surface area contributed by atoms with E-state index in [2.05, 4.69) is 31.9 Å². The van der Waals surface area contributed by atoms with E-state index in [0.29, 0.717) is 27.2 Å². The molecule has 0 atom stereocenters. The third-order valence-electron chi connectivity index (χ3n) is 9.35. The zero-order valence-corrected chi connectivity index (χ0v) is 26.2. The van der Waals surface area contributed by atoms with Crippen LogP contribution in [0.5, 0.6) is 11.8 Å². The number of pyridine rings is 1. The summed E-state index contributed by atoms with van der Waals surface area (Å²) in [4.78, 5) is 18.3. The Hall–Kier alpha value is -3.44. The van der Waals surface area contributed by atoms with Gasteiger partial charge in [-0.15, -0.1) is 0 Å². The van der Waals surface area contributed by atoms with Crippen molar-refractivity contribution in [3.8, 4) is 11.8 Å². The van der Waals surface area contributed by atoms with Gasteiger partial charge >= 0.3 is 6.01 Å². The van der Waals surface area contributed by atoms with E-state index in [1.54, 1.807) is 29.7 Å². The largest absolute Gasteiger partial charge is 0.497 e. The number of piperidine rings is 2. The van der Waals surface area contributed by atoms with Crippen LogP contribution in [-0.2, 0) is 10.0 Å². The van der Waals surface area contributed by atoms with Crippen LogP contribution in [-0.4, -0.2) is 80.2 Å². The SMILES string of the molecule is COc1cc(C)c(S(=O)(=O)N(CCOc2nccc(N3CCC4(CCN(c5ccncc5)CC4)CC3)n2)C2CC2)c(C)c1. The van der Waals surface area contributed by atoms with Gasteiger partial charge in [0.05, 0.1) is 12.0 Å². The highest BCUT2D eigenvalue weighted by Crippen LogP contribution is 2.43. The van der Waals surface area contributed by atoms with Gasteiger partial charge in [-0.05, 0) is 99.2 Å². The van der Waals surface area contributed by atoms with Crippen LogP contribution in [0.1, 0.15) is 49.7 Å². The highest BCUT2D eigenvalue weighted by atomic mass is 32.2. The molecule has 0 unspecified atom stereocenters. The molecule has 1 aromatic carbocycles. The van der Waals surface area contributed by atoms with Crippen molar-refractivity contribution in [2.24, 2.45) is 5.41 Å². The molecule has 0 radical (unpaired) electrons. The predicted molar refractivity (Wildman–Crippen MR) is 166 cm³/mol. The Balaban J connectivity index is 1.04. The molecule has 1 saturated carbocycles. The number of methoxy groups -OCH3 is 1. The quantitative estimate of drug-likeness (QED) is 0.327. The Morgan fingerprint density at radius 3 is 2.16 bits per heavy atom. The summed E-state index contributed by atoms with van der Waals surface area (Å²) in [6.07, 6.45) is 11.9. The number of benzene rings is 1. The Bertz CT molecular complexity index is 1490. The molecule has 0 N–H and O–H groups in total. The summed E-state index contributed by atoms with van der Waals surface area (Å²) in [5, 5.41) is 0. The Labute approximate surface area is 255 Å². The normalized spacial score (nSPS) is 18.7. The molecule has 1 spiro atoms. The molecule has 3 fully saturated rings. The average molecular weight is 607 g/mol. The number of hydrogen-bond acceptors (Lipinski definition) is 9. The number of nitrogens with zero attached hydrogens (tertiary/aromatic N) is 6. The van der Waals surface area contributed by atoms with Crippen LogP contribution in [0.25, 0.3) is 0 Å². The lowest BCUT2D eigenvalue weighted by Gasteiger charge is -2.47. The molecular weight excluding hydrogens is 564 g/mol. The average Bonchev–Trinajstić information content (AvgIpc) is 3.85. The second-order valence-electron chi connectivity index (χ2n) is 12.2. The number of hydrogen-bond donors (Lipinski definition) is 0. The summed E-state index contributed by atoms with van der Waals surface area (Å²) in [5.74, 6) is 1.52. The number of sulfonamides is 1. The number of aryl methyl sites for hydroxylation is 2. The zero-order valence-electron chi connectivity index (χ0n) is 25.4. The van der Waals surface area contributed by atoms with E-state index >= 15 is 0 Å². The van der Waals surface area contributed by atoms with E-state index in [1.807, 2.05) is 32.3 Å². The molecule has 2 saturated heterocycles. The first-order valence-corrected chi connectivity index (χ1v) is 16.7. The highest BCUT2D eigenvalue weighted by Gasteiger charge is 2.40. The molecule has 4 heterocycles. The van der Waals surface area contributed by atoms with E-state index in [9.17, 15) is 8.42 Å². The van der Waals surface area contributed by atoms with E-state index < -0.39 is 10.0 Å². The molecule has 10 nitrogen and oxygen atoms in total. The van der Waals surface area contributed by atoms with Crippen molar-refractivity contribution in [1.82, 2.24) is 19.3 Å². The predicted octanol–water partition coefficient (Wildman–Crippen LogP) is 4.62. The van der Waals surface area contributed by atoms with Gasteiger partial charge in [-0.1, -0.05) is 0 Å². The molecule has 1 aliphatic carbocycles. The minimum absolute atomic E-state index is 0.000933. The molecule has 3 aromatic rings.